The number of sulfonamides is 1. The van der Waals surface area contributed by atoms with Crippen LogP contribution in [0.3, 0.4) is 0 Å². The topological polar surface area (TPSA) is 95.7 Å². The SMILES string of the molecule is COC(=O)c1cc(Cl)cc(S(N)(=O)=O)c1OC. The molecule has 0 unspecified atom stereocenters. The number of rotatable bonds is 3. The van der Waals surface area contributed by atoms with Gasteiger partial charge in [0.25, 0.3) is 0 Å². The van der Waals surface area contributed by atoms with Crippen LogP contribution < -0.4 is 9.88 Å². The summed E-state index contributed by atoms with van der Waals surface area (Å²) in [4.78, 5) is 11.1. The number of carbonyl (C=O) groups excluding carboxylic acids is 1. The second kappa shape index (κ2) is 4.91. The van der Waals surface area contributed by atoms with Crippen LogP contribution in [0.15, 0.2) is 17.0 Å². The van der Waals surface area contributed by atoms with E-state index >= 15 is 0 Å². The Morgan fingerprint density at radius 1 is 1.35 bits per heavy atom. The lowest BCUT2D eigenvalue weighted by Gasteiger charge is -2.11. The molecule has 0 saturated heterocycles. The van der Waals surface area contributed by atoms with Crippen molar-refractivity contribution in [3.05, 3.63) is 22.7 Å². The first kappa shape index (κ1) is 13.8. The third kappa shape index (κ3) is 2.87. The fourth-order valence-corrected chi connectivity index (χ4v) is 2.28. The van der Waals surface area contributed by atoms with Crippen molar-refractivity contribution in [2.45, 2.75) is 4.90 Å². The van der Waals surface area contributed by atoms with Crippen molar-refractivity contribution in [2.75, 3.05) is 14.2 Å². The average molecular weight is 280 g/mol. The zero-order chi connectivity index (χ0) is 13.2. The third-order valence-electron chi connectivity index (χ3n) is 1.94. The molecule has 0 radical (unpaired) electrons. The van der Waals surface area contributed by atoms with Gasteiger partial charge in [-0.3, -0.25) is 0 Å². The van der Waals surface area contributed by atoms with Crippen LogP contribution in [-0.4, -0.2) is 28.6 Å². The highest BCUT2D eigenvalue weighted by atomic mass is 35.5. The van der Waals surface area contributed by atoms with Crippen molar-refractivity contribution in [1.29, 1.82) is 0 Å². The summed E-state index contributed by atoms with van der Waals surface area (Å²) < 4.78 is 32.0. The van der Waals surface area contributed by atoms with Crippen LogP contribution in [0.1, 0.15) is 10.4 Å². The molecular formula is C9H10ClNO5S. The fraction of sp³-hybridized carbons (Fsp3) is 0.222. The summed E-state index contributed by atoms with van der Waals surface area (Å²) in [6, 6.07) is 2.34. The maximum atomic E-state index is 11.4. The van der Waals surface area contributed by atoms with Gasteiger partial charge >= 0.3 is 5.97 Å². The first-order valence-electron chi connectivity index (χ1n) is 4.30. The lowest BCUT2D eigenvalue weighted by Crippen LogP contribution is -2.16. The molecule has 8 heteroatoms. The number of primary sulfonamides is 1. The summed E-state index contributed by atoms with van der Waals surface area (Å²) in [7, 11) is -1.68. The number of esters is 1. The van der Waals surface area contributed by atoms with Crippen molar-refractivity contribution >= 4 is 27.6 Å². The molecule has 0 spiro atoms. The molecule has 0 saturated carbocycles. The summed E-state index contributed by atoms with van der Waals surface area (Å²) in [5, 5.41) is 5.03. The van der Waals surface area contributed by atoms with Crippen molar-refractivity contribution in [3.8, 4) is 5.75 Å². The van der Waals surface area contributed by atoms with E-state index in [0.29, 0.717) is 0 Å². The molecule has 0 aromatic heterocycles. The van der Waals surface area contributed by atoms with Crippen LogP contribution in [-0.2, 0) is 14.8 Å². The molecule has 6 nitrogen and oxygen atoms in total. The van der Waals surface area contributed by atoms with E-state index < -0.39 is 16.0 Å². The Balaban J connectivity index is 3.63. The maximum absolute atomic E-state index is 11.4. The van der Waals surface area contributed by atoms with E-state index in [2.05, 4.69) is 4.74 Å². The molecule has 1 aromatic carbocycles. The second-order valence-corrected chi connectivity index (χ2v) is 4.99. The number of methoxy groups -OCH3 is 2. The van der Waals surface area contributed by atoms with Crippen LogP contribution in [0, 0.1) is 0 Å². The summed E-state index contributed by atoms with van der Waals surface area (Å²) in [5.74, 6) is -0.960. The van der Waals surface area contributed by atoms with Crippen molar-refractivity contribution in [1.82, 2.24) is 0 Å². The van der Waals surface area contributed by atoms with E-state index in [0.717, 1.165) is 13.2 Å². The zero-order valence-corrected chi connectivity index (χ0v) is 10.6. The van der Waals surface area contributed by atoms with Gasteiger partial charge in [-0.15, -0.1) is 0 Å². The number of ether oxygens (including phenoxy) is 2. The monoisotopic (exact) mass is 279 g/mol. The van der Waals surface area contributed by atoms with Gasteiger partial charge in [-0.1, -0.05) is 11.6 Å². The molecule has 0 amide bonds. The van der Waals surface area contributed by atoms with Crippen LogP contribution in [0.5, 0.6) is 5.75 Å². The van der Waals surface area contributed by atoms with Crippen LogP contribution in [0.25, 0.3) is 0 Å². The van der Waals surface area contributed by atoms with Gasteiger partial charge in [-0.2, -0.15) is 0 Å². The number of hydrogen-bond donors (Lipinski definition) is 1. The molecule has 0 aliphatic heterocycles. The van der Waals surface area contributed by atoms with Crippen molar-refractivity contribution < 1.29 is 22.7 Å². The molecule has 0 fully saturated rings. The van der Waals surface area contributed by atoms with Crippen LogP contribution >= 0.6 is 11.6 Å². The second-order valence-electron chi connectivity index (χ2n) is 3.02. The summed E-state index contributed by atoms with van der Waals surface area (Å²) in [5.41, 5.74) is -0.105. The number of benzene rings is 1. The largest absolute Gasteiger partial charge is 0.494 e. The Morgan fingerprint density at radius 2 is 1.94 bits per heavy atom. The van der Waals surface area contributed by atoms with E-state index in [9.17, 15) is 13.2 Å². The van der Waals surface area contributed by atoms with Gasteiger partial charge in [-0.25, -0.2) is 18.4 Å². The quantitative estimate of drug-likeness (QED) is 0.825. The summed E-state index contributed by atoms with van der Waals surface area (Å²) >= 11 is 5.70. The van der Waals surface area contributed by atoms with Gasteiger partial charge in [0, 0.05) is 5.02 Å². The highest BCUT2D eigenvalue weighted by Crippen LogP contribution is 2.31. The van der Waals surface area contributed by atoms with Gasteiger partial charge in [-0.05, 0) is 12.1 Å². The Labute approximate surface area is 103 Å². The highest BCUT2D eigenvalue weighted by molar-refractivity contribution is 7.89. The summed E-state index contributed by atoms with van der Waals surface area (Å²) in [6.07, 6.45) is 0. The van der Waals surface area contributed by atoms with E-state index in [4.69, 9.17) is 21.5 Å². The minimum absolute atomic E-state index is 0.0372. The molecule has 0 heterocycles. The Kier molecular flexibility index (Phi) is 3.97. The summed E-state index contributed by atoms with van der Waals surface area (Å²) in [6.45, 7) is 0. The fourth-order valence-electron chi connectivity index (χ4n) is 1.25. The number of nitrogens with two attached hydrogens (primary N) is 1. The number of carbonyl (C=O) groups is 1. The minimum Gasteiger partial charge on any atom is -0.494 e. The number of halogens is 1. The molecule has 0 atom stereocenters. The predicted molar refractivity (Wildman–Crippen MR) is 60.7 cm³/mol. The first-order chi connectivity index (χ1) is 7.81. The van der Waals surface area contributed by atoms with Crippen LogP contribution in [0.2, 0.25) is 5.02 Å². The maximum Gasteiger partial charge on any atom is 0.341 e. The smallest absolute Gasteiger partial charge is 0.341 e. The Bertz CT molecular complexity index is 555. The van der Waals surface area contributed by atoms with Crippen molar-refractivity contribution in [2.24, 2.45) is 5.14 Å². The standard InChI is InChI=1S/C9H10ClNO5S/c1-15-8-6(9(12)16-2)3-5(10)4-7(8)17(11,13)14/h3-4H,1-2H3,(H2,11,13,14). The molecule has 0 bridgehead atoms. The first-order valence-corrected chi connectivity index (χ1v) is 6.22. The van der Waals surface area contributed by atoms with E-state index in [1.165, 1.54) is 13.2 Å². The molecule has 2 N–H and O–H groups in total. The van der Waals surface area contributed by atoms with Gasteiger partial charge in [0.05, 0.1) is 14.2 Å². The minimum atomic E-state index is -4.05. The molecule has 17 heavy (non-hydrogen) atoms. The Hall–Kier alpha value is -1.31. The van der Waals surface area contributed by atoms with Gasteiger partial charge in [0.1, 0.15) is 10.5 Å². The van der Waals surface area contributed by atoms with E-state index in [1.54, 1.807) is 0 Å². The molecule has 0 aliphatic rings. The Morgan fingerprint density at radius 3 is 2.35 bits per heavy atom. The lowest BCUT2D eigenvalue weighted by molar-refractivity contribution is 0.0596. The lowest BCUT2D eigenvalue weighted by atomic mass is 10.2. The predicted octanol–water partition coefficient (Wildman–Crippen LogP) is 0.783. The van der Waals surface area contributed by atoms with Gasteiger partial charge < -0.3 is 9.47 Å². The van der Waals surface area contributed by atoms with Crippen LogP contribution in [0.4, 0.5) is 0 Å². The molecule has 1 rings (SSSR count). The number of hydrogen-bond acceptors (Lipinski definition) is 5. The molecule has 94 valence electrons. The molecule has 1 aromatic rings. The molecule has 0 aliphatic carbocycles. The highest BCUT2D eigenvalue weighted by Gasteiger charge is 2.23. The van der Waals surface area contributed by atoms with Gasteiger partial charge in [0.2, 0.25) is 10.0 Å². The van der Waals surface area contributed by atoms with Gasteiger partial charge in [0.15, 0.2) is 5.75 Å². The van der Waals surface area contributed by atoms with E-state index in [-0.39, 0.29) is 21.2 Å². The normalized spacial score (nSPS) is 11.1. The van der Waals surface area contributed by atoms with E-state index in [1.807, 2.05) is 0 Å². The molecular weight excluding hydrogens is 270 g/mol. The average Bonchev–Trinajstić information content (AvgIpc) is 2.25. The zero-order valence-electron chi connectivity index (χ0n) is 9.06. The van der Waals surface area contributed by atoms with Crippen molar-refractivity contribution in [3.63, 3.8) is 0 Å². The third-order valence-corrected chi connectivity index (χ3v) is 3.07.